The molecule has 4 heteroatoms. The van der Waals surface area contributed by atoms with Gasteiger partial charge < -0.3 is 10.2 Å². The van der Waals surface area contributed by atoms with Crippen LogP contribution in [-0.4, -0.2) is 36.5 Å². The Labute approximate surface area is 131 Å². The van der Waals surface area contributed by atoms with Crippen molar-refractivity contribution < 1.29 is 4.79 Å². The summed E-state index contributed by atoms with van der Waals surface area (Å²) in [5.41, 5.74) is 1.77. The summed E-state index contributed by atoms with van der Waals surface area (Å²) in [6.45, 7) is 5.01. The van der Waals surface area contributed by atoms with Crippen LogP contribution in [0.1, 0.15) is 41.6 Å². The highest BCUT2D eigenvalue weighted by Crippen LogP contribution is 2.31. The molecule has 3 rings (SSSR count). The maximum Gasteiger partial charge on any atom is 0.254 e. The molecule has 0 aromatic heterocycles. The molecule has 2 aliphatic rings. The van der Waals surface area contributed by atoms with Gasteiger partial charge in [-0.1, -0.05) is 11.6 Å². The SMILES string of the molecule is Cc1cc(Cl)ccc1C(=O)N(CC1CCCNC1)C1CC1. The van der Waals surface area contributed by atoms with Crippen LogP contribution in [0, 0.1) is 12.8 Å². The van der Waals surface area contributed by atoms with Crippen molar-refractivity contribution in [1.29, 1.82) is 0 Å². The molecule has 1 aromatic carbocycles. The maximum absolute atomic E-state index is 12.9. The summed E-state index contributed by atoms with van der Waals surface area (Å²) in [5.74, 6) is 0.771. The van der Waals surface area contributed by atoms with Crippen LogP contribution in [0.5, 0.6) is 0 Å². The first-order chi connectivity index (χ1) is 10.1. The third-order valence-electron chi connectivity index (χ3n) is 4.52. The summed E-state index contributed by atoms with van der Waals surface area (Å²) in [6, 6.07) is 6.01. The molecule has 21 heavy (non-hydrogen) atoms. The highest BCUT2D eigenvalue weighted by Gasteiger charge is 2.35. The topological polar surface area (TPSA) is 32.3 Å². The van der Waals surface area contributed by atoms with Gasteiger partial charge in [0.2, 0.25) is 0 Å². The van der Waals surface area contributed by atoms with Crippen LogP contribution < -0.4 is 5.32 Å². The van der Waals surface area contributed by atoms with E-state index in [2.05, 4.69) is 10.2 Å². The standard InChI is InChI=1S/C17H23ClN2O/c1-12-9-14(18)4-7-16(12)17(21)20(15-5-6-15)11-13-3-2-8-19-10-13/h4,7,9,13,15,19H,2-3,5-6,8,10-11H2,1H3. The van der Waals surface area contributed by atoms with E-state index in [4.69, 9.17) is 11.6 Å². The predicted molar refractivity (Wildman–Crippen MR) is 85.8 cm³/mol. The van der Waals surface area contributed by atoms with Crippen molar-refractivity contribution in [2.45, 2.75) is 38.6 Å². The monoisotopic (exact) mass is 306 g/mol. The molecule has 2 fully saturated rings. The number of amides is 1. The summed E-state index contributed by atoms with van der Waals surface area (Å²) in [5, 5.41) is 4.13. The minimum atomic E-state index is 0.178. The normalized spacial score (nSPS) is 22.1. The number of benzene rings is 1. The molecule has 0 spiro atoms. The minimum absolute atomic E-state index is 0.178. The molecule has 1 heterocycles. The molecule has 0 bridgehead atoms. The number of rotatable bonds is 4. The first-order valence-corrected chi connectivity index (χ1v) is 8.31. The van der Waals surface area contributed by atoms with E-state index >= 15 is 0 Å². The molecule has 1 saturated heterocycles. The second-order valence-electron chi connectivity index (χ2n) is 6.36. The lowest BCUT2D eigenvalue weighted by Crippen LogP contribution is -2.42. The summed E-state index contributed by atoms with van der Waals surface area (Å²) < 4.78 is 0. The molecule has 1 N–H and O–H groups in total. The maximum atomic E-state index is 12.9. The van der Waals surface area contributed by atoms with Crippen molar-refractivity contribution in [2.24, 2.45) is 5.92 Å². The van der Waals surface area contributed by atoms with E-state index in [1.165, 1.54) is 12.8 Å². The van der Waals surface area contributed by atoms with Gasteiger partial charge in [-0.15, -0.1) is 0 Å². The number of carbonyl (C=O) groups is 1. The van der Waals surface area contributed by atoms with E-state index in [0.717, 1.165) is 43.6 Å². The van der Waals surface area contributed by atoms with E-state index in [0.29, 0.717) is 17.0 Å². The smallest absolute Gasteiger partial charge is 0.254 e. The first kappa shape index (κ1) is 14.9. The molecule has 114 valence electrons. The average molecular weight is 307 g/mol. The summed E-state index contributed by atoms with van der Waals surface area (Å²) in [7, 11) is 0. The zero-order valence-corrected chi connectivity index (χ0v) is 13.3. The van der Waals surface area contributed by atoms with E-state index in [1.807, 2.05) is 25.1 Å². The molecule has 1 unspecified atom stereocenters. The lowest BCUT2D eigenvalue weighted by molar-refractivity contribution is 0.0703. The molecule has 1 amide bonds. The van der Waals surface area contributed by atoms with Gasteiger partial charge in [0, 0.05) is 23.2 Å². The number of nitrogens with one attached hydrogen (secondary N) is 1. The van der Waals surface area contributed by atoms with Crippen LogP contribution in [0.4, 0.5) is 0 Å². The number of nitrogens with zero attached hydrogens (tertiary/aromatic N) is 1. The Morgan fingerprint density at radius 3 is 2.81 bits per heavy atom. The largest absolute Gasteiger partial charge is 0.335 e. The minimum Gasteiger partial charge on any atom is -0.335 e. The van der Waals surface area contributed by atoms with Crippen molar-refractivity contribution in [3.05, 3.63) is 34.3 Å². The van der Waals surface area contributed by atoms with Crippen LogP contribution in [0.15, 0.2) is 18.2 Å². The fourth-order valence-corrected chi connectivity index (χ4v) is 3.39. The summed E-state index contributed by atoms with van der Waals surface area (Å²) >= 11 is 6.00. The third kappa shape index (κ3) is 3.58. The fraction of sp³-hybridized carbons (Fsp3) is 0.588. The van der Waals surface area contributed by atoms with Gasteiger partial charge in [-0.05, 0) is 75.4 Å². The van der Waals surface area contributed by atoms with E-state index in [-0.39, 0.29) is 5.91 Å². The highest BCUT2D eigenvalue weighted by molar-refractivity contribution is 6.30. The van der Waals surface area contributed by atoms with Gasteiger partial charge in [0.05, 0.1) is 0 Å². The molecular weight excluding hydrogens is 284 g/mol. The van der Waals surface area contributed by atoms with Gasteiger partial charge in [-0.2, -0.15) is 0 Å². The molecule has 0 radical (unpaired) electrons. The number of carbonyl (C=O) groups excluding carboxylic acids is 1. The van der Waals surface area contributed by atoms with E-state index in [1.54, 1.807) is 0 Å². The fourth-order valence-electron chi connectivity index (χ4n) is 3.16. The van der Waals surface area contributed by atoms with Crippen molar-refractivity contribution in [1.82, 2.24) is 10.2 Å². The van der Waals surface area contributed by atoms with Crippen molar-refractivity contribution in [3.8, 4) is 0 Å². The van der Waals surface area contributed by atoms with Crippen molar-refractivity contribution in [2.75, 3.05) is 19.6 Å². The first-order valence-electron chi connectivity index (χ1n) is 7.93. The average Bonchev–Trinajstić information content (AvgIpc) is 3.30. The number of halogens is 1. The van der Waals surface area contributed by atoms with Gasteiger partial charge in [0.1, 0.15) is 0 Å². The predicted octanol–water partition coefficient (Wildman–Crippen LogP) is 3.25. The number of hydrogen-bond donors (Lipinski definition) is 1. The molecule has 1 saturated carbocycles. The van der Waals surface area contributed by atoms with Gasteiger partial charge in [-0.3, -0.25) is 4.79 Å². The number of piperidine rings is 1. The summed E-state index contributed by atoms with van der Waals surface area (Å²) in [6.07, 6.45) is 4.75. The lowest BCUT2D eigenvalue weighted by Gasteiger charge is -2.30. The molecule has 1 aliphatic carbocycles. The lowest BCUT2D eigenvalue weighted by atomic mass is 9.98. The van der Waals surface area contributed by atoms with E-state index in [9.17, 15) is 4.79 Å². The zero-order valence-electron chi connectivity index (χ0n) is 12.6. The third-order valence-corrected chi connectivity index (χ3v) is 4.76. The molecule has 3 nitrogen and oxygen atoms in total. The van der Waals surface area contributed by atoms with Crippen molar-refractivity contribution >= 4 is 17.5 Å². The number of hydrogen-bond acceptors (Lipinski definition) is 2. The Bertz CT molecular complexity index is 522. The highest BCUT2D eigenvalue weighted by atomic mass is 35.5. The molecule has 1 aliphatic heterocycles. The molecule has 1 atom stereocenters. The second kappa shape index (κ2) is 6.37. The van der Waals surface area contributed by atoms with Gasteiger partial charge in [-0.25, -0.2) is 0 Å². The number of aryl methyl sites for hydroxylation is 1. The van der Waals surface area contributed by atoms with Gasteiger partial charge >= 0.3 is 0 Å². The zero-order chi connectivity index (χ0) is 14.8. The summed E-state index contributed by atoms with van der Waals surface area (Å²) in [4.78, 5) is 15.0. The van der Waals surface area contributed by atoms with Crippen LogP contribution >= 0.6 is 11.6 Å². The quantitative estimate of drug-likeness (QED) is 0.926. The second-order valence-corrected chi connectivity index (χ2v) is 6.80. The Morgan fingerprint density at radius 2 is 2.19 bits per heavy atom. The molecular formula is C17H23ClN2O. The van der Waals surface area contributed by atoms with Crippen LogP contribution in [0.3, 0.4) is 0 Å². The Balaban J connectivity index is 1.75. The van der Waals surface area contributed by atoms with Crippen LogP contribution in [0.25, 0.3) is 0 Å². The van der Waals surface area contributed by atoms with Crippen LogP contribution in [0.2, 0.25) is 5.02 Å². The van der Waals surface area contributed by atoms with Crippen molar-refractivity contribution in [3.63, 3.8) is 0 Å². The molecule has 1 aromatic rings. The Morgan fingerprint density at radius 1 is 1.38 bits per heavy atom. The Kier molecular flexibility index (Phi) is 4.51. The van der Waals surface area contributed by atoms with E-state index < -0.39 is 0 Å². The van der Waals surface area contributed by atoms with Gasteiger partial charge in [0.15, 0.2) is 0 Å². The van der Waals surface area contributed by atoms with Crippen LogP contribution in [-0.2, 0) is 0 Å². The Hall–Kier alpha value is -1.06. The van der Waals surface area contributed by atoms with Gasteiger partial charge in [0.25, 0.3) is 5.91 Å².